The van der Waals surface area contributed by atoms with Gasteiger partial charge in [0.05, 0.1) is 16.1 Å². The van der Waals surface area contributed by atoms with Crippen LogP contribution in [0.5, 0.6) is 0 Å². The van der Waals surface area contributed by atoms with E-state index in [1.807, 2.05) is 4.90 Å². The fraction of sp³-hybridized carbons (Fsp3) is 0.353. The van der Waals surface area contributed by atoms with E-state index < -0.39 is 11.7 Å². The lowest BCUT2D eigenvalue weighted by Gasteiger charge is -2.28. The van der Waals surface area contributed by atoms with Crippen molar-refractivity contribution in [3.63, 3.8) is 0 Å². The van der Waals surface area contributed by atoms with Gasteiger partial charge in [0, 0.05) is 6.07 Å². The van der Waals surface area contributed by atoms with Gasteiger partial charge >= 0.3 is 6.18 Å². The maximum absolute atomic E-state index is 13.9. The second-order valence-electron chi connectivity index (χ2n) is 6.07. The molecule has 134 valence electrons. The maximum Gasteiger partial charge on any atom is 0.419 e. The number of nitrogens with zero attached hydrogens (tertiary/aromatic N) is 1. The molecule has 0 bridgehead atoms. The number of anilines is 1. The van der Waals surface area contributed by atoms with E-state index in [1.165, 1.54) is 17.0 Å². The Balaban J connectivity index is 1.60. The first-order valence-corrected chi connectivity index (χ1v) is 8.33. The van der Waals surface area contributed by atoms with Crippen molar-refractivity contribution in [2.24, 2.45) is 0 Å². The molecule has 1 aliphatic heterocycles. The SMILES string of the molecule is Fc1cccc(Cl)c1C[NH+]1CCN(c2ccc(C(F)(F)F)c[nH+]2)CC1. The average Bonchev–Trinajstić information content (AvgIpc) is 2.58. The Morgan fingerprint density at radius 3 is 2.40 bits per heavy atom. The van der Waals surface area contributed by atoms with Crippen LogP contribution < -0.4 is 14.8 Å². The molecule has 0 radical (unpaired) electrons. The van der Waals surface area contributed by atoms with Crippen molar-refractivity contribution in [3.8, 4) is 0 Å². The van der Waals surface area contributed by atoms with Crippen LogP contribution in [0.1, 0.15) is 11.1 Å². The van der Waals surface area contributed by atoms with Crippen molar-refractivity contribution < 1.29 is 27.4 Å². The number of aromatic nitrogens is 1. The van der Waals surface area contributed by atoms with Crippen LogP contribution >= 0.6 is 11.6 Å². The molecule has 0 spiro atoms. The summed E-state index contributed by atoms with van der Waals surface area (Å²) < 4.78 is 51.7. The van der Waals surface area contributed by atoms with Gasteiger partial charge in [-0.25, -0.2) is 9.37 Å². The van der Waals surface area contributed by atoms with Gasteiger partial charge in [0.1, 0.15) is 44.7 Å². The minimum atomic E-state index is -4.35. The molecule has 1 saturated heterocycles. The van der Waals surface area contributed by atoms with Crippen molar-refractivity contribution in [1.29, 1.82) is 0 Å². The Hall–Kier alpha value is -1.86. The van der Waals surface area contributed by atoms with Crippen molar-refractivity contribution in [3.05, 3.63) is 58.5 Å². The summed E-state index contributed by atoms with van der Waals surface area (Å²) in [5.41, 5.74) is -0.191. The van der Waals surface area contributed by atoms with Gasteiger partial charge in [0.25, 0.3) is 5.82 Å². The van der Waals surface area contributed by atoms with E-state index in [9.17, 15) is 17.6 Å². The molecule has 3 nitrogen and oxygen atoms in total. The Morgan fingerprint density at radius 1 is 1.12 bits per heavy atom. The van der Waals surface area contributed by atoms with Gasteiger partial charge in [-0.15, -0.1) is 0 Å². The highest BCUT2D eigenvalue weighted by Crippen LogP contribution is 2.28. The van der Waals surface area contributed by atoms with Crippen LogP contribution in [0.3, 0.4) is 0 Å². The molecule has 0 saturated carbocycles. The molecule has 2 heterocycles. The molecule has 1 aromatic heterocycles. The third-order valence-corrected chi connectivity index (χ3v) is 4.78. The zero-order valence-electron chi connectivity index (χ0n) is 13.3. The van der Waals surface area contributed by atoms with E-state index in [2.05, 4.69) is 4.98 Å². The molecule has 1 fully saturated rings. The fourth-order valence-electron chi connectivity index (χ4n) is 2.98. The van der Waals surface area contributed by atoms with Crippen LogP contribution in [0.25, 0.3) is 0 Å². The molecule has 8 heteroatoms. The highest BCUT2D eigenvalue weighted by molar-refractivity contribution is 6.31. The minimum Gasteiger partial charge on any atom is -0.325 e. The summed E-state index contributed by atoms with van der Waals surface area (Å²) in [7, 11) is 0. The average molecular weight is 376 g/mol. The first-order chi connectivity index (χ1) is 11.8. The molecule has 25 heavy (non-hydrogen) atoms. The molecular weight excluding hydrogens is 358 g/mol. The number of aromatic amines is 1. The molecule has 1 aromatic carbocycles. The summed E-state index contributed by atoms with van der Waals surface area (Å²) in [5, 5.41) is 0.422. The number of pyridine rings is 1. The van der Waals surface area contributed by atoms with E-state index in [0.717, 1.165) is 25.4 Å². The number of quaternary nitrogens is 1. The minimum absolute atomic E-state index is 0.307. The Bertz CT molecular complexity index is 705. The predicted molar refractivity (Wildman–Crippen MR) is 86.0 cm³/mol. The molecule has 0 amide bonds. The van der Waals surface area contributed by atoms with E-state index in [-0.39, 0.29) is 5.82 Å². The molecule has 3 rings (SSSR count). The van der Waals surface area contributed by atoms with Crippen molar-refractivity contribution in [2.75, 3.05) is 31.1 Å². The predicted octanol–water partition coefficient (Wildman–Crippen LogP) is 2.22. The number of hydrogen-bond acceptors (Lipinski definition) is 1. The first-order valence-electron chi connectivity index (χ1n) is 7.95. The Kier molecular flexibility index (Phi) is 5.15. The summed E-state index contributed by atoms with van der Waals surface area (Å²) in [6.07, 6.45) is -3.37. The normalized spacial score (nSPS) is 16.3. The molecule has 1 aliphatic rings. The number of rotatable bonds is 3. The standard InChI is InChI=1S/C17H16ClF4N3/c18-14-2-1-3-15(19)13(14)11-24-6-8-25(9-7-24)16-5-4-12(10-23-16)17(20,21)22/h1-5,10H,6-9,11H2/p+2. The van der Waals surface area contributed by atoms with Gasteiger partial charge in [0.2, 0.25) is 0 Å². The smallest absolute Gasteiger partial charge is 0.325 e. The van der Waals surface area contributed by atoms with Crippen LogP contribution in [0.15, 0.2) is 36.5 Å². The third-order valence-electron chi connectivity index (χ3n) is 4.42. The second kappa shape index (κ2) is 7.17. The number of benzene rings is 1. The fourth-order valence-corrected chi connectivity index (χ4v) is 3.21. The molecule has 2 N–H and O–H groups in total. The molecule has 0 atom stereocenters. The van der Waals surface area contributed by atoms with Gasteiger partial charge < -0.3 is 4.90 Å². The largest absolute Gasteiger partial charge is 0.419 e. The lowest BCUT2D eigenvalue weighted by Crippen LogP contribution is -3.13. The number of nitrogens with one attached hydrogen (secondary N) is 2. The van der Waals surface area contributed by atoms with Crippen molar-refractivity contribution in [2.45, 2.75) is 12.7 Å². The van der Waals surface area contributed by atoms with Crippen molar-refractivity contribution in [1.82, 2.24) is 0 Å². The van der Waals surface area contributed by atoms with Crippen LogP contribution in [0.4, 0.5) is 23.4 Å². The lowest BCUT2D eigenvalue weighted by atomic mass is 10.2. The monoisotopic (exact) mass is 375 g/mol. The quantitative estimate of drug-likeness (QED) is 0.816. The van der Waals surface area contributed by atoms with Gasteiger partial charge in [-0.3, -0.25) is 4.90 Å². The maximum atomic E-state index is 13.9. The highest BCUT2D eigenvalue weighted by Gasteiger charge is 2.33. The zero-order chi connectivity index (χ0) is 18.0. The van der Waals surface area contributed by atoms with Gasteiger partial charge in [-0.05, 0) is 18.2 Å². The summed E-state index contributed by atoms with van der Waals surface area (Å²) in [6, 6.07) is 7.17. The van der Waals surface area contributed by atoms with Crippen LogP contribution in [0, 0.1) is 5.82 Å². The summed E-state index contributed by atoms with van der Waals surface area (Å²) in [6.45, 7) is 3.33. The van der Waals surface area contributed by atoms with E-state index >= 15 is 0 Å². The molecular formula is C17H18ClF4N3+2. The molecule has 0 aliphatic carbocycles. The van der Waals surface area contributed by atoms with Gasteiger partial charge in [-0.1, -0.05) is 17.7 Å². The Morgan fingerprint density at radius 2 is 1.84 bits per heavy atom. The molecule has 2 aromatic rings. The van der Waals surface area contributed by atoms with Crippen LogP contribution in [-0.2, 0) is 12.7 Å². The summed E-state index contributed by atoms with van der Waals surface area (Å²) >= 11 is 6.06. The number of piperazine rings is 1. The van der Waals surface area contributed by atoms with E-state index in [0.29, 0.717) is 36.0 Å². The van der Waals surface area contributed by atoms with Gasteiger partial charge in [-0.2, -0.15) is 13.2 Å². The van der Waals surface area contributed by atoms with Crippen LogP contribution in [0.2, 0.25) is 5.02 Å². The summed E-state index contributed by atoms with van der Waals surface area (Å²) in [4.78, 5) is 5.89. The van der Waals surface area contributed by atoms with Gasteiger partial charge in [0.15, 0.2) is 0 Å². The van der Waals surface area contributed by atoms with Crippen molar-refractivity contribution >= 4 is 17.4 Å². The Labute approximate surface area is 147 Å². The second-order valence-corrected chi connectivity index (χ2v) is 6.48. The summed E-state index contributed by atoms with van der Waals surface area (Å²) in [5.74, 6) is 0.342. The first kappa shape index (κ1) is 17.9. The number of H-pyrrole nitrogens is 1. The zero-order valence-corrected chi connectivity index (χ0v) is 14.1. The molecule has 0 unspecified atom stereocenters. The third kappa shape index (κ3) is 4.22. The van der Waals surface area contributed by atoms with E-state index in [1.54, 1.807) is 12.1 Å². The topological polar surface area (TPSA) is 21.8 Å². The number of hydrogen-bond donors (Lipinski definition) is 1. The number of alkyl halides is 3. The lowest BCUT2D eigenvalue weighted by molar-refractivity contribution is -0.914. The van der Waals surface area contributed by atoms with Crippen LogP contribution in [-0.4, -0.2) is 26.2 Å². The highest BCUT2D eigenvalue weighted by atomic mass is 35.5. The van der Waals surface area contributed by atoms with E-state index in [4.69, 9.17) is 11.6 Å². The number of halogens is 5.